The van der Waals surface area contributed by atoms with Gasteiger partial charge >= 0.3 is 0 Å². The highest BCUT2D eigenvalue weighted by Gasteiger charge is 2.02. The summed E-state index contributed by atoms with van der Waals surface area (Å²) in [6.45, 7) is 1.96. The van der Waals surface area contributed by atoms with Gasteiger partial charge in [-0.05, 0) is 12.5 Å². The molecule has 1 heterocycles. The van der Waals surface area contributed by atoms with Crippen LogP contribution in [0.15, 0.2) is 65.9 Å². The van der Waals surface area contributed by atoms with Crippen LogP contribution in [-0.4, -0.2) is 15.9 Å². The van der Waals surface area contributed by atoms with Crippen molar-refractivity contribution in [2.75, 3.05) is 5.43 Å². The van der Waals surface area contributed by atoms with E-state index >= 15 is 0 Å². The number of nitrogens with one attached hydrogen (secondary N) is 1. The summed E-state index contributed by atoms with van der Waals surface area (Å²) in [7, 11) is 0. The van der Waals surface area contributed by atoms with Crippen LogP contribution in [0, 0.1) is 0 Å². The van der Waals surface area contributed by atoms with Crippen LogP contribution in [0.25, 0.3) is 10.8 Å². The van der Waals surface area contributed by atoms with E-state index in [4.69, 9.17) is 0 Å². The van der Waals surface area contributed by atoms with Crippen molar-refractivity contribution in [3.63, 3.8) is 0 Å². The third-order valence-corrected chi connectivity index (χ3v) is 3.09. The van der Waals surface area contributed by atoms with Gasteiger partial charge in [-0.15, -0.1) is 5.10 Å². The molecule has 0 spiro atoms. The monoisotopic (exact) mass is 262 g/mol. The smallest absolute Gasteiger partial charge is 0.176 e. The molecule has 0 aliphatic carbocycles. The van der Waals surface area contributed by atoms with Gasteiger partial charge in [0.25, 0.3) is 0 Å². The first-order chi connectivity index (χ1) is 9.84. The van der Waals surface area contributed by atoms with Crippen LogP contribution in [0.5, 0.6) is 0 Å². The van der Waals surface area contributed by atoms with E-state index in [0.29, 0.717) is 5.82 Å². The van der Waals surface area contributed by atoms with Crippen LogP contribution < -0.4 is 5.43 Å². The molecule has 2 aromatic carbocycles. The maximum Gasteiger partial charge on any atom is 0.176 e. The van der Waals surface area contributed by atoms with Crippen LogP contribution in [-0.2, 0) is 0 Å². The van der Waals surface area contributed by atoms with Crippen molar-refractivity contribution in [3.8, 4) is 0 Å². The molecule has 0 aliphatic heterocycles. The summed E-state index contributed by atoms with van der Waals surface area (Å²) in [6, 6.07) is 18.0. The second-order valence-corrected chi connectivity index (χ2v) is 4.46. The van der Waals surface area contributed by atoms with Gasteiger partial charge in [0.1, 0.15) is 0 Å². The van der Waals surface area contributed by atoms with E-state index in [0.717, 1.165) is 22.0 Å². The van der Waals surface area contributed by atoms with Gasteiger partial charge in [-0.2, -0.15) is 10.2 Å². The predicted octanol–water partition coefficient (Wildman–Crippen LogP) is 3.47. The molecule has 20 heavy (non-hydrogen) atoms. The summed E-state index contributed by atoms with van der Waals surface area (Å²) >= 11 is 0. The highest BCUT2D eigenvalue weighted by atomic mass is 15.3. The minimum atomic E-state index is 0.665. The van der Waals surface area contributed by atoms with Crippen LogP contribution in [0.1, 0.15) is 12.5 Å². The summed E-state index contributed by atoms with van der Waals surface area (Å²) in [5, 5.41) is 14.5. The van der Waals surface area contributed by atoms with Crippen LogP contribution >= 0.6 is 0 Å². The van der Waals surface area contributed by atoms with Crippen LogP contribution in [0.4, 0.5) is 5.82 Å². The number of benzene rings is 2. The zero-order valence-corrected chi connectivity index (χ0v) is 11.1. The number of hydrazone groups is 1. The van der Waals surface area contributed by atoms with E-state index in [1.807, 2.05) is 61.5 Å². The summed E-state index contributed by atoms with van der Waals surface area (Å²) in [6.07, 6.45) is 1.74. The van der Waals surface area contributed by atoms with Gasteiger partial charge in [-0.25, -0.2) is 0 Å². The first kappa shape index (κ1) is 12.3. The topological polar surface area (TPSA) is 50.2 Å². The maximum atomic E-state index is 4.38. The third-order valence-electron chi connectivity index (χ3n) is 3.09. The SMILES string of the molecule is C/C(=N/Nc1nncc2ccccc12)c1ccccc1. The fourth-order valence-corrected chi connectivity index (χ4v) is 1.99. The molecule has 0 saturated heterocycles. The second kappa shape index (κ2) is 5.48. The summed E-state index contributed by atoms with van der Waals surface area (Å²) in [4.78, 5) is 0. The van der Waals surface area contributed by atoms with Crippen molar-refractivity contribution in [1.29, 1.82) is 0 Å². The number of nitrogens with zero attached hydrogens (tertiary/aromatic N) is 3. The Balaban J connectivity index is 1.91. The number of aromatic nitrogens is 2. The Kier molecular flexibility index (Phi) is 3.37. The first-order valence-corrected chi connectivity index (χ1v) is 6.41. The molecular formula is C16H14N4. The number of anilines is 1. The molecule has 0 amide bonds. The van der Waals surface area contributed by atoms with Crippen molar-refractivity contribution in [3.05, 3.63) is 66.4 Å². The minimum absolute atomic E-state index is 0.665. The molecule has 1 aromatic heterocycles. The molecule has 4 nitrogen and oxygen atoms in total. The molecule has 0 bridgehead atoms. The summed E-state index contributed by atoms with van der Waals surface area (Å²) < 4.78 is 0. The van der Waals surface area contributed by atoms with Gasteiger partial charge in [0, 0.05) is 10.8 Å². The van der Waals surface area contributed by atoms with Crippen molar-refractivity contribution in [2.45, 2.75) is 6.92 Å². The molecule has 3 aromatic rings. The molecule has 0 aliphatic rings. The minimum Gasteiger partial charge on any atom is -0.259 e. The predicted molar refractivity (Wildman–Crippen MR) is 81.8 cm³/mol. The lowest BCUT2D eigenvalue weighted by atomic mass is 10.1. The Labute approximate surface area is 117 Å². The molecule has 3 rings (SSSR count). The molecule has 0 saturated carbocycles. The van der Waals surface area contributed by atoms with E-state index in [-0.39, 0.29) is 0 Å². The number of hydrogen-bond donors (Lipinski definition) is 1. The van der Waals surface area contributed by atoms with E-state index in [9.17, 15) is 0 Å². The van der Waals surface area contributed by atoms with Crippen LogP contribution in [0.3, 0.4) is 0 Å². The van der Waals surface area contributed by atoms with Gasteiger partial charge in [0.05, 0.1) is 11.9 Å². The van der Waals surface area contributed by atoms with E-state index in [1.54, 1.807) is 6.20 Å². The average molecular weight is 262 g/mol. The summed E-state index contributed by atoms with van der Waals surface area (Å²) in [5.41, 5.74) is 4.98. The Hall–Kier alpha value is -2.75. The molecule has 0 atom stereocenters. The maximum absolute atomic E-state index is 4.38. The normalized spacial score (nSPS) is 11.6. The van der Waals surface area contributed by atoms with E-state index in [2.05, 4.69) is 20.7 Å². The van der Waals surface area contributed by atoms with Crippen molar-refractivity contribution < 1.29 is 0 Å². The zero-order chi connectivity index (χ0) is 13.8. The lowest BCUT2D eigenvalue weighted by Gasteiger charge is -2.05. The molecule has 1 N–H and O–H groups in total. The van der Waals surface area contributed by atoms with Crippen molar-refractivity contribution in [1.82, 2.24) is 10.2 Å². The van der Waals surface area contributed by atoms with Gasteiger partial charge < -0.3 is 0 Å². The van der Waals surface area contributed by atoms with Gasteiger partial charge in [-0.3, -0.25) is 5.43 Å². The second-order valence-electron chi connectivity index (χ2n) is 4.46. The largest absolute Gasteiger partial charge is 0.259 e. The quantitative estimate of drug-likeness (QED) is 0.581. The van der Waals surface area contributed by atoms with E-state index < -0.39 is 0 Å². The lowest BCUT2D eigenvalue weighted by Crippen LogP contribution is -2.01. The molecule has 0 unspecified atom stereocenters. The Morgan fingerprint density at radius 1 is 1.00 bits per heavy atom. The van der Waals surface area contributed by atoms with Gasteiger partial charge in [0.2, 0.25) is 0 Å². The number of fused-ring (bicyclic) bond motifs is 1. The highest BCUT2D eigenvalue weighted by molar-refractivity contribution is 5.99. The summed E-state index contributed by atoms with van der Waals surface area (Å²) in [5.74, 6) is 0.665. The number of hydrogen-bond acceptors (Lipinski definition) is 4. The Bertz CT molecular complexity index is 745. The van der Waals surface area contributed by atoms with E-state index in [1.165, 1.54) is 0 Å². The van der Waals surface area contributed by atoms with Crippen molar-refractivity contribution in [2.24, 2.45) is 5.10 Å². The highest BCUT2D eigenvalue weighted by Crippen LogP contribution is 2.19. The van der Waals surface area contributed by atoms with Crippen LogP contribution in [0.2, 0.25) is 0 Å². The zero-order valence-electron chi connectivity index (χ0n) is 11.1. The molecule has 98 valence electrons. The first-order valence-electron chi connectivity index (χ1n) is 6.41. The lowest BCUT2D eigenvalue weighted by molar-refractivity contribution is 1.04. The van der Waals surface area contributed by atoms with Gasteiger partial charge in [0.15, 0.2) is 5.82 Å². The third kappa shape index (κ3) is 2.49. The molecule has 0 fully saturated rings. The Morgan fingerprint density at radius 2 is 1.75 bits per heavy atom. The fraction of sp³-hybridized carbons (Fsp3) is 0.0625. The Morgan fingerprint density at radius 3 is 2.60 bits per heavy atom. The fourth-order valence-electron chi connectivity index (χ4n) is 1.99. The standard InChI is InChI=1S/C16H14N4/c1-12(13-7-3-2-4-8-13)18-20-16-15-10-6-5-9-14(15)11-17-19-16/h2-11H,1H3,(H,19,20)/b18-12-. The molecule has 4 heteroatoms. The number of rotatable bonds is 3. The van der Waals surface area contributed by atoms with Crippen molar-refractivity contribution >= 4 is 22.3 Å². The molecular weight excluding hydrogens is 248 g/mol. The molecule has 0 radical (unpaired) electrons. The average Bonchev–Trinajstić information content (AvgIpc) is 2.53. The van der Waals surface area contributed by atoms with Gasteiger partial charge in [-0.1, -0.05) is 54.6 Å².